The number of hydrogen-bond donors (Lipinski definition) is 1. The molecule has 1 N–H and O–H groups in total. The van der Waals surface area contributed by atoms with E-state index in [1.807, 2.05) is 24.3 Å². The molecule has 0 saturated heterocycles. The molecule has 0 fully saturated rings. The van der Waals surface area contributed by atoms with Gasteiger partial charge >= 0.3 is 0 Å². The molecule has 1 amide bonds. The third-order valence-electron chi connectivity index (χ3n) is 2.97. The second kappa shape index (κ2) is 8.51. The van der Waals surface area contributed by atoms with Crippen LogP contribution in [0.2, 0.25) is 0 Å². The fraction of sp³-hybridized carbons (Fsp3) is 0.533. The van der Waals surface area contributed by atoms with Gasteiger partial charge in [0.05, 0.1) is 0 Å². The molecule has 1 atom stereocenters. The van der Waals surface area contributed by atoms with Crippen LogP contribution in [0.3, 0.4) is 0 Å². The number of halogens is 1. The number of carbonyl (C=O) groups is 1. The molecule has 0 aliphatic heterocycles. The largest absolute Gasteiger partial charge is 0.349 e. The Balaban J connectivity index is 2.59. The van der Waals surface area contributed by atoms with E-state index in [-0.39, 0.29) is 5.91 Å². The summed E-state index contributed by atoms with van der Waals surface area (Å²) in [5, 5.41) is 3.15. The van der Waals surface area contributed by atoms with Crippen LogP contribution in [0.4, 0.5) is 0 Å². The van der Waals surface area contributed by atoms with Gasteiger partial charge in [-0.2, -0.15) is 0 Å². The molecule has 1 aromatic carbocycles. The van der Waals surface area contributed by atoms with E-state index in [0.717, 1.165) is 28.4 Å². The van der Waals surface area contributed by atoms with Gasteiger partial charge < -0.3 is 5.32 Å². The Labute approximate surface area is 124 Å². The van der Waals surface area contributed by atoms with E-state index < -0.39 is 0 Å². The lowest BCUT2D eigenvalue weighted by Gasteiger charge is -2.18. The van der Waals surface area contributed by atoms with E-state index in [1.54, 1.807) is 0 Å². The molecule has 2 nitrogen and oxygen atoms in total. The molecule has 0 saturated carbocycles. The third kappa shape index (κ3) is 5.38. The highest BCUT2D eigenvalue weighted by Crippen LogP contribution is 2.11. The lowest BCUT2D eigenvalue weighted by molar-refractivity contribution is 0.0932. The Bertz CT molecular complexity index is 379. The van der Waals surface area contributed by atoms with Crippen LogP contribution in [0.5, 0.6) is 0 Å². The van der Waals surface area contributed by atoms with E-state index in [2.05, 4.69) is 41.8 Å². The summed E-state index contributed by atoms with van der Waals surface area (Å²) in [6.45, 7) is 4.35. The predicted octanol–water partition coefficient (Wildman–Crippen LogP) is 4.38. The molecular formula is C15H22INO. The fourth-order valence-electron chi connectivity index (χ4n) is 1.99. The fourth-order valence-corrected chi connectivity index (χ4v) is 2.53. The van der Waals surface area contributed by atoms with Crippen molar-refractivity contribution in [1.29, 1.82) is 0 Å². The lowest BCUT2D eigenvalue weighted by Crippen LogP contribution is -2.34. The number of rotatable bonds is 7. The van der Waals surface area contributed by atoms with E-state index in [4.69, 9.17) is 0 Å². The number of carbonyl (C=O) groups excluding carboxylic acids is 1. The number of hydrogen-bond acceptors (Lipinski definition) is 1. The van der Waals surface area contributed by atoms with Crippen molar-refractivity contribution in [3.8, 4) is 0 Å². The molecule has 100 valence electrons. The van der Waals surface area contributed by atoms with Crippen molar-refractivity contribution >= 4 is 28.5 Å². The smallest absolute Gasteiger partial charge is 0.251 e. The zero-order chi connectivity index (χ0) is 13.4. The van der Waals surface area contributed by atoms with Crippen molar-refractivity contribution in [3.05, 3.63) is 33.4 Å². The Morgan fingerprint density at radius 2 is 2.06 bits per heavy atom. The Morgan fingerprint density at radius 1 is 1.28 bits per heavy atom. The van der Waals surface area contributed by atoms with Gasteiger partial charge in [0, 0.05) is 15.2 Å². The minimum atomic E-state index is 0.0584. The van der Waals surface area contributed by atoms with Crippen molar-refractivity contribution in [2.24, 2.45) is 0 Å². The standard InChI is InChI=1S/C15H22INO/c1-3-5-10-14(7-4-2)17-15(18)12-8-6-9-13(16)11-12/h6,8-9,11,14H,3-5,7,10H2,1-2H3,(H,17,18). The highest BCUT2D eigenvalue weighted by atomic mass is 127. The summed E-state index contributed by atoms with van der Waals surface area (Å²) < 4.78 is 1.10. The van der Waals surface area contributed by atoms with Gasteiger partial charge in [-0.3, -0.25) is 4.79 Å². The summed E-state index contributed by atoms with van der Waals surface area (Å²) in [5.41, 5.74) is 0.763. The van der Waals surface area contributed by atoms with Crippen LogP contribution < -0.4 is 5.32 Å². The first kappa shape index (κ1) is 15.5. The van der Waals surface area contributed by atoms with E-state index in [1.165, 1.54) is 12.8 Å². The van der Waals surface area contributed by atoms with Gasteiger partial charge in [0.2, 0.25) is 0 Å². The topological polar surface area (TPSA) is 29.1 Å². The predicted molar refractivity (Wildman–Crippen MR) is 84.8 cm³/mol. The Hall–Kier alpha value is -0.580. The highest BCUT2D eigenvalue weighted by molar-refractivity contribution is 14.1. The average molecular weight is 359 g/mol. The summed E-state index contributed by atoms with van der Waals surface area (Å²) in [4.78, 5) is 12.1. The summed E-state index contributed by atoms with van der Waals surface area (Å²) in [5.74, 6) is 0.0584. The van der Waals surface area contributed by atoms with Crippen LogP contribution in [0.1, 0.15) is 56.3 Å². The van der Waals surface area contributed by atoms with Gasteiger partial charge in [0.1, 0.15) is 0 Å². The van der Waals surface area contributed by atoms with E-state index in [9.17, 15) is 4.79 Å². The van der Waals surface area contributed by atoms with Gasteiger partial charge in [-0.1, -0.05) is 39.2 Å². The van der Waals surface area contributed by atoms with Crippen LogP contribution >= 0.6 is 22.6 Å². The molecule has 1 rings (SSSR count). The van der Waals surface area contributed by atoms with Crippen molar-refractivity contribution in [1.82, 2.24) is 5.32 Å². The zero-order valence-corrected chi connectivity index (χ0v) is 13.4. The summed E-state index contributed by atoms with van der Waals surface area (Å²) in [7, 11) is 0. The van der Waals surface area contributed by atoms with Crippen LogP contribution in [0.25, 0.3) is 0 Å². The SMILES string of the molecule is CCCCC(CCC)NC(=O)c1cccc(I)c1. The molecule has 1 unspecified atom stereocenters. The van der Waals surface area contributed by atoms with Gasteiger partial charge in [-0.25, -0.2) is 0 Å². The third-order valence-corrected chi connectivity index (χ3v) is 3.64. The molecule has 0 bridgehead atoms. The molecule has 0 spiro atoms. The number of unbranched alkanes of at least 4 members (excludes halogenated alkanes) is 1. The number of amides is 1. The van der Waals surface area contributed by atoms with Crippen molar-refractivity contribution in [2.75, 3.05) is 0 Å². The highest BCUT2D eigenvalue weighted by Gasteiger charge is 2.12. The molecule has 1 aromatic rings. The molecule has 0 aliphatic carbocycles. The minimum Gasteiger partial charge on any atom is -0.349 e. The van der Waals surface area contributed by atoms with E-state index >= 15 is 0 Å². The maximum absolute atomic E-state index is 12.1. The van der Waals surface area contributed by atoms with Gasteiger partial charge in [-0.15, -0.1) is 0 Å². The van der Waals surface area contributed by atoms with Crippen LogP contribution in [-0.2, 0) is 0 Å². The van der Waals surface area contributed by atoms with Crippen LogP contribution in [0.15, 0.2) is 24.3 Å². The zero-order valence-electron chi connectivity index (χ0n) is 11.2. The molecule has 0 aromatic heterocycles. The normalized spacial score (nSPS) is 12.2. The van der Waals surface area contributed by atoms with Crippen LogP contribution in [0, 0.1) is 3.57 Å². The molecule has 0 heterocycles. The van der Waals surface area contributed by atoms with Gasteiger partial charge in [0.15, 0.2) is 0 Å². The summed E-state index contributed by atoms with van der Waals surface area (Å²) in [6, 6.07) is 8.05. The van der Waals surface area contributed by atoms with Gasteiger partial charge in [0.25, 0.3) is 5.91 Å². The first-order valence-corrected chi connectivity index (χ1v) is 7.81. The first-order valence-electron chi connectivity index (χ1n) is 6.73. The lowest BCUT2D eigenvalue weighted by atomic mass is 10.0. The molecule has 0 radical (unpaired) electrons. The monoisotopic (exact) mass is 359 g/mol. The molecule has 0 aliphatic rings. The summed E-state index contributed by atoms with van der Waals surface area (Å²) in [6.07, 6.45) is 5.62. The molecular weight excluding hydrogens is 337 g/mol. The maximum atomic E-state index is 12.1. The maximum Gasteiger partial charge on any atom is 0.251 e. The Morgan fingerprint density at radius 3 is 2.67 bits per heavy atom. The summed E-state index contributed by atoms with van der Waals surface area (Å²) >= 11 is 2.23. The van der Waals surface area contributed by atoms with Gasteiger partial charge in [-0.05, 0) is 53.6 Å². The van der Waals surface area contributed by atoms with Crippen molar-refractivity contribution in [2.45, 2.75) is 52.0 Å². The van der Waals surface area contributed by atoms with E-state index in [0.29, 0.717) is 6.04 Å². The second-order valence-electron chi connectivity index (χ2n) is 4.61. The number of nitrogens with one attached hydrogen (secondary N) is 1. The minimum absolute atomic E-state index is 0.0584. The molecule has 3 heteroatoms. The van der Waals surface area contributed by atoms with Crippen LogP contribution in [-0.4, -0.2) is 11.9 Å². The Kier molecular flexibility index (Phi) is 7.32. The number of benzene rings is 1. The second-order valence-corrected chi connectivity index (χ2v) is 5.86. The first-order chi connectivity index (χ1) is 8.67. The molecule has 18 heavy (non-hydrogen) atoms. The quantitative estimate of drug-likeness (QED) is 0.720. The van der Waals surface area contributed by atoms with Crippen molar-refractivity contribution < 1.29 is 4.79 Å². The van der Waals surface area contributed by atoms with Crippen molar-refractivity contribution in [3.63, 3.8) is 0 Å². The average Bonchev–Trinajstić information content (AvgIpc) is 2.36.